The summed E-state index contributed by atoms with van der Waals surface area (Å²) in [4.78, 5) is 11.9. The van der Waals surface area contributed by atoms with Gasteiger partial charge in [0.25, 0.3) is 0 Å². The Balaban J connectivity index is 2.16. The lowest BCUT2D eigenvalue weighted by Crippen LogP contribution is -2.05. The largest absolute Gasteiger partial charge is 0.506 e. The van der Waals surface area contributed by atoms with Crippen LogP contribution in [0, 0.1) is 0 Å². The number of hydrogen-bond donors (Lipinski definition) is 2. The second-order valence-corrected chi connectivity index (χ2v) is 6.43. The highest BCUT2D eigenvalue weighted by molar-refractivity contribution is 7.13. The number of nitrogens with zero attached hydrogens (tertiary/aromatic N) is 1. The highest BCUT2D eigenvalue weighted by Crippen LogP contribution is 2.34. The summed E-state index contributed by atoms with van der Waals surface area (Å²) in [6, 6.07) is 12.6. The molecule has 0 aliphatic heterocycles. The molecule has 118 valence electrons. The fourth-order valence-corrected chi connectivity index (χ4v) is 3.39. The highest BCUT2D eigenvalue weighted by Gasteiger charge is 2.16. The van der Waals surface area contributed by atoms with E-state index in [-0.39, 0.29) is 12.2 Å². The molecule has 3 rings (SSSR count). The number of aliphatic carboxylic acids is 1. The molecular formula is C17H14ClNO3S. The lowest BCUT2D eigenvalue weighted by atomic mass is 10.2. The Hall–Kier alpha value is -2.24. The summed E-state index contributed by atoms with van der Waals surface area (Å²) in [6.07, 6.45) is 0.391. The van der Waals surface area contributed by atoms with Crippen molar-refractivity contribution in [1.82, 2.24) is 4.57 Å². The van der Waals surface area contributed by atoms with E-state index in [0.29, 0.717) is 17.1 Å². The van der Waals surface area contributed by atoms with Crippen molar-refractivity contribution in [2.45, 2.75) is 12.8 Å². The van der Waals surface area contributed by atoms with Gasteiger partial charge >= 0.3 is 5.97 Å². The maximum Gasteiger partial charge on any atom is 0.303 e. The van der Waals surface area contributed by atoms with E-state index in [1.54, 1.807) is 23.5 Å². The van der Waals surface area contributed by atoms with Gasteiger partial charge in [-0.1, -0.05) is 17.7 Å². The standard InChI is InChI=1S/C17H14ClNO3S/c18-11-3-7-15(20)14(10-11)19-12(5-8-17(21)22)4-6-13(19)16-2-1-9-23-16/h1-4,6-7,9-10,20H,5,8H2,(H,21,22). The molecule has 0 aliphatic rings. The second kappa shape index (κ2) is 6.48. The summed E-state index contributed by atoms with van der Waals surface area (Å²) in [6.45, 7) is 0. The van der Waals surface area contributed by atoms with Gasteiger partial charge in [-0.3, -0.25) is 4.79 Å². The highest BCUT2D eigenvalue weighted by atomic mass is 35.5. The number of halogens is 1. The SMILES string of the molecule is O=C(O)CCc1ccc(-c2cccs2)n1-c1cc(Cl)ccc1O. The van der Waals surface area contributed by atoms with Gasteiger partial charge in [-0.15, -0.1) is 11.3 Å². The fraction of sp³-hybridized carbons (Fsp3) is 0.118. The minimum atomic E-state index is -0.856. The van der Waals surface area contributed by atoms with Gasteiger partial charge in [0.05, 0.1) is 22.7 Å². The molecule has 0 fully saturated rings. The molecule has 0 atom stereocenters. The summed E-state index contributed by atoms with van der Waals surface area (Å²) >= 11 is 7.66. The minimum Gasteiger partial charge on any atom is -0.506 e. The van der Waals surface area contributed by atoms with Gasteiger partial charge in [0.2, 0.25) is 0 Å². The Labute approximate surface area is 142 Å². The average Bonchev–Trinajstić information content (AvgIpc) is 3.16. The first kappa shape index (κ1) is 15.6. The third-order valence-electron chi connectivity index (χ3n) is 3.51. The second-order valence-electron chi connectivity index (χ2n) is 5.05. The number of aromatic hydroxyl groups is 1. The minimum absolute atomic E-state index is 0.0230. The number of hydrogen-bond acceptors (Lipinski definition) is 3. The molecule has 6 heteroatoms. The zero-order chi connectivity index (χ0) is 16.4. The van der Waals surface area contributed by atoms with Crippen LogP contribution in [0.1, 0.15) is 12.1 Å². The van der Waals surface area contributed by atoms with Gasteiger partial charge in [-0.05, 0) is 48.2 Å². The quantitative estimate of drug-likeness (QED) is 0.710. The van der Waals surface area contributed by atoms with Gasteiger partial charge in [0, 0.05) is 10.7 Å². The molecule has 0 bridgehead atoms. The molecule has 0 saturated heterocycles. The maximum atomic E-state index is 10.9. The number of carboxylic acids is 1. The molecule has 0 saturated carbocycles. The van der Waals surface area contributed by atoms with Crippen LogP contribution >= 0.6 is 22.9 Å². The molecule has 0 unspecified atom stereocenters. The number of carboxylic acid groups (broad SMARTS) is 1. The molecule has 2 heterocycles. The number of thiophene rings is 1. The average molecular weight is 348 g/mol. The van der Waals surface area contributed by atoms with E-state index in [4.69, 9.17) is 16.7 Å². The number of phenolic OH excluding ortho intramolecular Hbond substituents is 1. The van der Waals surface area contributed by atoms with Crippen LogP contribution < -0.4 is 0 Å². The zero-order valence-corrected chi connectivity index (χ0v) is 13.6. The first-order valence-corrected chi connectivity index (χ1v) is 8.27. The maximum absolute atomic E-state index is 10.9. The molecule has 0 radical (unpaired) electrons. The van der Waals surface area contributed by atoms with Crippen molar-refractivity contribution in [1.29, 1.82) is 0 Å². The molecule has 3 aromatic rings. The van der Waals surface area contributed by atoms with Crippen molar-refractivity contribution in [2.75, 3.05) is 0 Å². The van der Waals surface area contributed by atoms with Gasteiger partial charge in [0.15, 0.2) is 0 Å². The first-order chi connectivity index (χ1) is 11.1. The van der Waals surface area contributed by atoms with E-state index in [2.05, 4.69) is 0 Å². The Morgan fingerprint density at radius 3 is 2.74 bits per heavy atom. The number of aromatic nitrogens is 1. The van der Waals surface area contributed by atoms with Crippen molar-refractivity contribution in [2.24, 2.45) is 0 Å². The van der Waals surface area contributed by atoms with Gasteiger partial charge in [-0.2, -0.15) is 0 Å². The van der Waals surface area contributed by atoms with Crippen molar-refractivity contribution in [3.8, 4) is 22.0 Å². The van der Waals surface area contributed by atoms with E-state index >= 15 is 0 Å². The van der Waals surface area contributed by atoms with Gasteiger partial charge in [-0.25, -0.2) is 0 Å². The third-order valence-corrected chi connectivity index (χ3v) is 4.64. The summed E-state index contributed by atoms with van der Waals surface area (Å²) in [5.41, 5.74) is 2.26. The van der Waals surface area contributed by atoms with Crippen LogP contribution in [0.3, 0.4) is 0 Å². The first-order valence-electron chi connectivity index (χ1n) is 7.01. The van der Waals surface area contributed by atoms with Crippen LogP contribution in [-0.4, -0.2) is 20.7 Å². The van der Waals surface area contributed by atoms with Crippen LogP contribution in [0.5, 0.6) is 5.75 Å². The Morgan fingerprint density at radius 1 is 1.22 bits per heavy atom. The monoisotopic (exact) mass is 347 g/mol. The number of rotatable bonds is 5. The molecule has 0 spiro atoms. The van der Waals surface area contributed by atoms with Gasteiger partial charge < -0.3 is 14.8 Å². The summed E-state index contributed by atoms with van der Waals surface area (Å²) in [7, 11) is 0. The number of aryl methyl sites for hydroxylation is 1. The number of carbonyl (C=O) groups is 1. The van der Waals surface area contributed by atoms with Crippen molar-refractivity contribution >= 4 is 28.9 Å². The molecule has 2 N–H and O–H groups in total. The van der Waals surface area contributed by atoms with E-state index in [0.717, 1.165) is 16.3 Å². The predicted molar refractivity (Wildman–Crippen MR) is 91.7 cm³/mol. The molecule has 1 aromatic carbocycles. The third kappa shape index (κ3) is 3.25. The van der Waals surface area contributed by atoms with E-state index in [1.165, 1.54) is 6.07 Å². The number of phenols is 1. The van der Waals surface area contributed by atoms with E-state index in [9.17, 15) is 9.90 Å². The molecule has 23 heavy (non-hydrogen) atoms. The molecule has 0 aliphatic carbocycles. The lowest BCUT2D eigenvalue weighted by molar-refractivity contribution is -0.136. The predicted octanol–water partition coefficient (Wildman–Crippen LogP) is 4.58. The lowest BCUT2D eigenvalue weighted by Gasteiger charge is -2.14. The molecule has 0 amide bonds. The Morgan fingerprint density at radius 2 is 2.04 bits per heavy atom. The van der Waals surface area contributed by atoms with Crippen LogP contribution in [0.25, 0.3) is 16.3 Å². The van der Waals surface area contributed by atoms with Crippen LogP contribution in [0.4, 0.5) is 0 Å². The topological polar surface area (TPSA) is 62.5 Å². The van der Waals surface area contributed by atoms with Crippen molar-refractivity contribution < 1.29 is 15.0 Å². The van der Waals surface area contributed by atoms with E-state index in [1.807, 2.05) is 34.2 Å². The normalized spacial score (nSPS) is 10.8. The molecular weight excluding hydrogens is 334 g/mol. The van der Waals surface area contributed by atoms with E-state index < -0.39 is 5.97 Å². The number of benzene rings is 1. The summed E-state index contributed by atoms with van der Waals surface area (Å²) < 4.78 is 1.87. The van der Waals surface area contributed by atoms with Crippen molar-refractivity contribution in [3.05, 3.63) is 58.6 Å². The summed E-state index contributed by atoms with van der Waals surface area (Å²) in [5.74, 6) is -0.759. The zero-order valence-electron chi connectivity index (χ0n) is 12.1. The molecule has 2 aromatic heterocycles. The Bertz CT molecular complexity index is 840. The fourth-order valence-electron chi connectivity index (χ4n) is 2.49. The van der Waals surface area contributed by atoms with Crippen LogP contribution in [-0.2, 0) is 11.2 Å². The van der Waals surface area contributed by atoms with Crippen molar-refractivity contribution in [3.63, 3.8) is 0 Å². The molecule has 4 nitrogen and oxygen atoms in total. The Kier molecular flexibility index (Phi) is 4.41. The smallest absolute Gasteiger partial charge is 0.303 e. The summed E-state index contributed by atoms with van der Waals surface area (Å²) in [5, 5.41) is 21.7. The van der Waals surface area contributed by atoms with Crippen LogP contribution in [0.2, 0.25) is 5.02 Å². The van der Waals surface area contributed by atoms with Crippen LogP contribution in [0.15, 0.2) is 47.8 Å². The van der Waals surface area contributed by atoms with Gasteiger partial charge in [0.1, 0.15) is 5.75 Å².